The van der Waals surface area contributed by atoms with Crippen molar-refractivity contribution in [2.45, 2.75) is 32.1 Å². The van der Waals surface area contributed by atoms with Crippen molar-refractivity contribution < 1.29 is 13.2 Å². The number of fused-ring (bicyclic) bond motifs is 1. The Balaban J connectivity index is 1.54. The van der Waals surface area contributed by atoms with Gasteiger partial charge in [-0.05, 0) is 25.0 Å². The lowest BCUT2D eigenvalue weighted by Gasteiger charge is -2.36. The van der Waals surface area contributed by atoms with Gasteiger partial charge in [0.1, 0.15) is 0 Å². The molecule has 6 nitrogen and oxygen atoms in total. The van der Waals surface area contributed by atoms with Crippen molar-refractivity contribution >= 4 is 10.0 Å². The van der Waals surface area contributed by atoms with E-state index in [-0.39, 0.29) is 17.9 Å². The molecule has 0 saturated carbocycles. The summed E-state index contributed by atoms with van der Waals surface area (Å²) < 4.78 is 31.6. The summed E-state index contributed by atoms with van der Waals surface area (Å²) in [5.41, 5.74) is 1.07. The summed E-state index contributed by atoms with van der Waals surface area (Å²) in [6.45, 7) is 5.17. The highest BCUT2D eigenvalue weighted by atomic mass is 32.2. The van der Waals surface area contributed by atoms with Crippen molar-refractivity contribution in [2.24, 2.45) is 0 Å². The maximum Gasteiger partial charge on any atom is 0.213 e. The third kappa shape index (κ3) is 3.48. The summed E-state index contributed by atoms with van der Waals surface area (Å²) in [6, 6.07) is 4.20. The first kappa shape index (κ1) is 15.9. The first-order valence-electron chi connectivity index (χ1n) is 7.81. The van der Waals surface area contributed by atoms with Gasteiger partial charge in [0.2, 0.25) is 10.0 Å². The third-order valence-corrected chi connectivity index (χ3v) is 6.36. The molecule has 2 aliphatic heterocycles. The lowest BCUT2D eigenvalue weighted by Crippen LogP contribution is -2.52. The van der Waals surface area contributed by atoms with Crippen LogP contribution in [0.4, 0.5) is 0 Å². The molecule has 0 bridgehead atoms. The molecule has 0 radical (unpaired) electrons. The highest BCUT2D eigenvalue weighted by Crippen LogP contribution is 2.26. The number of sulfonamides is 1. The van der Waals surface area contributed by atoms with Crippen molar-refractivity contribution in [3.8, 4) is 0 Å². The quantitative estimate of drug-likeness (QED) is 0.798. The monoisotopic (exact) mass is 325 g/mol. The van der Waals surface area contributed by atoms with Crippen LogP contribution in [0, 0.1) is 0 Å². The largest absolute Gasteiger partial charge is 0.372 e. The molecule has 7 heteroatoms. The maximum atomic E-state index is 12.0. The molecule has 1 aromatic heterocycles. The van der Waals surface area contributed by atoms with Crippen molar-refractivity contribution in [3.05, 3.63) is 30.1 Å². The molecular weight excluding hydrogens is 302 g/mol. The molecule has 0 spiro atoms. The van der Waals surface area contributed by atoms with Crippen LogP contribution in [0.25, 0.3) is 0 Å². The van der Waals surface area contributed by atoms with Gasteiger partial charge in [0.15, 0.2) is 0 Å². The van der Waals surface area contributed by atoms with E-state index in [1.807, 2.05) is 18.3 Å². The molecule has 0 aliphatic carbocycles. The van der Waals surface area contributed by atoms with Crippen LogP contribution in [0.15, 0.2) is 24.5 Å². The number of hydrogen-bond donors (Lipinski definition) is 0. The Morgan fingerprint density at radius 2 is 2.23 bits per heavy atom. The average molecular weight is 325 g/mol. The lowest BCUT2D eigenvalue weighted by molar-refractivity contribution is 0.0465. The van der Waals surface area contributed by atoms with Crippen LogP contribution in [0.2, 0.25) is 0 Å². The Hall–Kier alpha value is -1.02. The van der Waals surface area contributed by atoms with Crippen LogP contribution in [0.5, 0.6) is 0 Å². The molecule has 2 saturated heterocycles. The fraction of sp³-hybridized carbons (Fsp3) is 0.667. The zero-order valence-corrected chi connectivity index (χ0v) is 13.7. The minimum absolute atomic E-state index is 0.175. The Morgan fingerprint density at radius 3 is 2.95 bits per heavy atom. The molecule has 0 aromatic carbocycles. The highest BCUT2D eigenvalue weighted by Gasteiger charge is 2.39. The number of pyridine rings is 1. The van der Waals surface area contributed by atoms with Crippen molar-refractivity contribution in [3.63, 3.8) is 0 Å². The Labute approximate surface area is 132 Å². The first-order valence-corrected chi connectivity index (χ1v) is 9.42. The van der Waals surface area contributed by atoms with Gasteiger partial charge < -0.3 is 4.74 Å². The molecular formula is C15H23N3O3S. The smallest absolute Gasteiger partial charge is 0.213 e. The van der Waals surface area contributed by atoms with E-state index < -0.39 is 10.0 Å². The van der Waals surface area contributed by atoms with Crippen molar-refractivity contribution in [1.82, 2.24) is 14.2 Å². The molecule has 3 rings (SSSR count). The van der Waals surface area contributed by atoms with Gasteiger partial charge in [-0.2, -0.15) is 4.31 Å². The number of nitrogens with zero attached hydrogens (tertiary/aromatic N) is 3. The molecule has 0 amide bonds. The first-order chi connectivity index (χ1) is 10.6. The molecule has 3 heterocycles. The molecule has 2 aliphatic rings. The van der Waals surface area contributed by atoms with Gasteiger partial charge in [-0.3, -0.25) is 9.88 Å². The van der Waals surface area contributed by atoms with E-state index >= 15 is 0 Å². The Morgan fingerprint density at radius 1 is 1.36 bits per heavy atom. The van der Waals surface area contributed by atoms with Crippen LogP contribution in [0.3, 0.4) is 0 Å². The van der Waals surface area contributed by atoms with E-state index in [1.54, 1.807) is 17.4 Å². The van der Waals surface area contributed by atoms with E-state index in [0.29, 0.717) is 19.7 Å². The van der Waals surface area contributed by atoms with Crippen molar-refractivity contribution in [1.29, 1.82) is 0 Å². The van der Waals surface area contributed by atoms with E-state index in [1.165, 1.54) is 0 Å². The van der Waals surface area contributed by atoms with Crippen LogP contribution in [-0.4, -0.2) is 66.7 Å². The Bertz CT molecular complexity index is 593. The van der Waals surface area contributed by atoms with Gasteiger partial charge in [0.25, 0.3) is 0 Å². The predicted octanol–water partition coefficient (Wildman–Crippen LogP) is 0.706. The fourth-order valence-corrected chi connectivity index (χ4v) is 4.35. The topological polar surface area (TPSA) is 62.7 Å². The normalized spacial score (nSPS) is 27.0. The fourth-order valence-electron chi connectivity index (χ4n) is 3.22. The zero-order valence-electron chi connectivity index (χ0n) is 12.9. The van der Waals surface area contributed by atoms with Gasteiger partial charge in [0, 0.05) is 44.6 Å². The van der Waals surface area contributed by atoms with Gasteiger partial charge in [-0.1, -0.05) is 6.07 Å². The molecule has 0 unspecified atom stereocenters. The van der Waals surface area contributed by atoms with E-state index in [9.17, 15) is 8.42 Å². The molecule has 122 valence electrons. The summed E-state index contributed by atoms with van der Waals surface area (Å²) in [5, 5.41) is 0. The highest BCUT2D eigenvalue weighted by molar-refractivity contribution is 7.89. The van der Waals surface area contributed by atoms with Crippen LogP contribution >= 0.6 is 0 Å². The second-order valence-corrected chi connectivity index (χ2v) is 8.19. The summed E-state index contributed by atoms with van der Waals surface area (Å²) >= 11 is 0. The minimum atomic E-state index is -3.08. The summed E-state index contributed by atoms with van der Waals surface area (Å²) in [5.74, 6) is 0.181. The number of rotatable bonds is 5. The maximum absolute atomic E-state index is 12.0. The van der Waals surface area contributed by atoms with Crippen molar-refractivity contribution in [2.75, 3.05) is 31.9 Å². The summed E-state index contributed by atoms with van der Waals surface area (Å²) in [6.07, 6.45) is 4.64. The van der Waals surface area contributed by atoms with Gasteiger partial charge >= 0.3 is 0 Å². The van der Waals surface area contributed by atoms with Crippen LogP contribution < -0.4 is 0 Å². The average Bonchev–Trinajstić information content (AvgIpc) is 2.96. The second kappa shape index (κ2) is 6.62. The van der Waals surface area contributed by atoms with Crippen LogP contribution in [-0.2, 0) is 21.4 Å². The molecule has 0 N–H and O–H groups in total. The minimum Gasteiger partial charge on any atom is -0.372 e. The van der Waals surface area contributed by atoms with E-state index in [2.05, 4.69) is 9.88 Å². The predicted molar refractivity (Wildman–Crippen MR) is 83.8 cm³/mol. The lowest BCUT2D eigenvalue weighted by atomic mass is 10.1. The third-order valence-electron chi connectivity index (χ3n) is 4.51. The SMILES string of the molecule is CCS(=O)(=O)N1CCN2C[C@H](OCc3cccnc3)C[C@H]2C1. The van der Waals surface area contributed by atoms with E-state index in [0.717, 1.165) is 25.1 Å². The number of piperazine rings is 1. The number of ether oxygens (including phenoxy) is 1. The molecule has 22 heavy (non-hydrogen) atoms. The summed E-state index contributed by atoms with van der Waals surface area (Å²) in [4.78, 5) is 6.44. The number of aromatic nitrogens is 1. The van der Waals surface area contributed by atoms with E-state index in [4.69, 9.17) is 4.74 Å². The van der Waals surface area contributed by atoms with Gasteiger partial charge in [-0.15, -0.1) is 0 Å². The Kier molecular flexibility index (Phi) is 4.77. The zero-order chi connectivity index (χ0) is 15.6. The van der Waals surface area contributed by atoms with Gasteiger partial charge in [0.05, 0.1) is 18.5 Å². The standard InChI is InChI=1S/C15H23N3O3S/c1-2-22(19,20)18-7-6-17-11-15(8-14(17)10-18)21-12-13-4-3-5-16-9-13/h3-5,9,14-15H,2,6-8,10-12H2,1H3/t14-,15+/m0/s1. The molecule has 2 fully saturated rings. The molecule has 2 atom stereocenters. The molecule has 1 aromatic rings. The van der Waals surface area contributed by atoms with Gasteiger partial charge in [-0.25, -0.2) is 8.42 Å². The summed E-state index contributed by atoms with van der Waals surface area (Å²) in [7, 11) is -3.08. The second-order valence-electron chi connectivity index (χ2n) is 5.94. The van der Waals surface area contributed by atoms with Crippen LogP contribution in [0.1, 0.15) is 18.9 Å². The number of hydrogen-bond acceptors (Lipinski definition) is 5.